The molecule has 0 atom stereocenters. The zero-order chi connectivity index (χ0) is 22.9. The summed E-state index contributed by atoms with van der Waals surface area (Å²) in [7, 11) is 1.67. The summed E-state index contributed by atoms with van der Waals surface area (Å²) >= 11 is 6.91. The summed E-state index contributed by atoms with van der Waals surface area (Å²) in [6.07, 6.45) is 4.86. The van der Waals surface area contributed by atoms with E-state index in [4.69, 9.17) is 4.74 Å². The number of rotatable bonds is 4. The molecule has 0 unspecified atom stereocenters. The molecule has 1 saturated heterocycles. The van der Waals surface area contributed by atoms with Crippen LogP contribution < -0.4 is 15.8 Å². The number of halogens is 2. The van der Waals surface area contributed by atoms with Crippen LogP contribution in [0.25, 0.3) is 22.4 Å². The van der Waals surface area contributed by atoms with E-state index in [2.05, 4.69) is 74.1 Å². The predicted molar refractivity (Wildman–Crippen MR) is 134 cm³/mol. The molecule has 11 heteroatoms. The minimum Gasteiger partial charge on any atom is -0.378 e. The molecule has 0 saturated carbocycles. The number of ether oxygens (including phenoxy) is 1. The van der Waals surface area contributed by atoms with Crippen molar-refractivity contribution in [1.29, 1.82) is 0 Å². The van der Waals surface area contributed by atoms with Crippen LogP contribution in [0.5, 0.6) is 0 Å². The fourth-order valence-electron chi connectivity index (χ4n) is 3.68. The second kappa shape index (κ2) is 9.16. The van der Waals surface area contributed by atoms with E-state index in [-0.39, 0.29) is 11.3 Å². The zero-order valence-electron chi connectivity index (χ0n) is 17.6. The van der Waals surface area contributed by atoms with Gasteiger partial charge in [-0.05, 0) is 56.1 Å². The average molecular weight is 573 g/mol. The minimum atomic E-state index is -0.269. The van der Waals surface area contributed by atoms with Gasteiger partial charge in [-0.25, -0.2) is 9.97 Å². The van der Waals surface area contributed by atoms with Gasteiger partial charge in [0.15, 0.2) is 5.65 Å². The second-order valence-corrected chi connectivity index (χ2v) is 9.19. The van der Waals surface area contributed by atoms with Crippen LogP contribution in [-0.2, 0) is 11.8 Å². The zero-order valence-corrected chi connectivity index (χ0v) is 20.8. The van der Waals surface area contributed by atoms with Crippen LogP contribution in [0.1, 0.15) is 0 Å². The number of hydrogen-bond donors (Lipinski definition) is 1. The Hall–Kier alpha value is -2.89. The number of benzene rings is 1. The molecule has 1 fully saturated rings. The maximum Gasteiger partial charge on any atom is 0.278 e. The molecule has 1 aliphatic rings. The maximum atomic E-state index is 13.1. The van der Waals surface area contributed by atoms with Gasteiger partial charge in [-0.3, -0.25) is 14.3 Å². The molecule has 0 spiro atoms. The molecule has 4 aromatic rings. The lowest BCUT2D eigenvalue weighted by Crippen LogP contribution is -2.36. The first kappa shape index (κ1) is 21.9. The van der Waals surface area contributed by atoms with Gasteiger partial charge in [-0.15, -0.1) is 0 Å². The Balaban J connectivity index is 1.45. The molecular weight excluding hydrogens is 554 g/mol. The number of hydrogen-bond acceptors (Lipinski definition) is 8. The lowest BCUT2D eigenvalue weighted by Gasteiger charge is -2.28. The van der Waals surface area contributed by atoms with E-state index in [0.29, 0.717) is 31.6 Å². The van der Waals surface area contributed by atoms with Gasteiger partial charge in [-0.1, -0.05) is 0 Å². The van der Waals surface area contributed by atoms with Crippen molar-refractivity contribution in [3.05, 3.63) is 62.2 Å². The van der Waals surface area contributed by atoms with Gasteiger partial charge in [-0.2, -0.15) is 4.98 Å². The van der Waals surface area contributed by atoms with E-state index >= 15 is 0 Å². The summed E-state index contributed by atoms with van der Waals surface area (Å²) in [6, 6.07) is 8.08. The van der Waals surface area contributed by atoms with Gasteiger partial charge in [0, 0.05) is 58.4 Å². The normalized spacial score (nSPS) is 14.0. The molecule has 0 aliphatic carbocycles. The monoisotopic (exact) mass is 571 g/mol. The quantitative estimate of drug-likeness (QED) is 0.393. The van der Waals surface area contributed by atoms with Crippen molar-refractivity contribution in [1.82, 2.24) is 24.5 Å². The molecule has 1 N–H and O–H groups in total. The summed E-state index contributed by atoms with van der Waals surface area (Å²) in [6.45, 7) is 3.26. The van der Waals surface area contributed by atoms with E-state index in [1.807, 2.05) is 12.1 Å². The topological polar surface area (TPSA) is 98.1 Å². The van der Waals surface area contributed by atoms with Crippen LogP contribution >= 0.6 is 31.9 Å². The third-order valence-corrected chi connectivity index (χ3v) is 6.60. The van der Waals surface area contributed by atoms with E-state index < -0.39 is 0 Å². The summed E-state index contributed by atoms with van der Waals surface area (Å²) in [5.41, 5.74) is 3.60. The first-order valence-corrected chi connectivity index (χ1v) is 11.8. The van der Waals surface area contributed by atoms with Gasteiger partial charge in [0.25, 0.3) is 5.56 Å². The van der Waals surface area contributed by atoms with E-state index in [1.54, 1.807) is 25.6 Å². The van der Waals surface area contributed by atoms with Crippen LogP contribution in [0.3, 0.4) is 0 Å². The molecule has 0 amide bonds. The highest BCUT2D eigenvalue weighted by atomic mass is 79.9. The van der Waals surface area contributed by atoms with Crippen LogP contribution in [0.4, 0.5) is 17.3 Å². The van der Waals surface area contributed by atoms with Crippen molar-refractivity contribution in [3.8, 4) is 11.3 Å². The summed E-state index contributed by atoms with van der Waals surface area (Å²) in [4.78, 5) is 33.0. The molecule has 4 heterocycles. The summed E-state index contributed by atoms with van der Waals surface area (Å²) in [5.74, 6) is 0.387. The Morgan fingerprint density at radius 1 is 1.00 bits per heavy atom. The SMILES string of the molecule is Cn1c(=O)c(-c2c(Br)cncc2Br)nc2cnc(Nc3ccc(N4CCOCC4)cc3)nc21. The Labute approximate surface area is 206 Å². The standard InChI is InChI=1S/C22H19Br2N7O2/c1-30-20-17(28-19(21(30)32)18-15(23)10-25-11-16(18)24)12-26-22(29-20)27-13-2-4-14(5-3-13)31-6-8-33-9-7-31/h2-5,10-12H,6-9H2,1H3,(H,26,27,29). The van der Waals surface area contributed by atoms with Crippen molar-refractivity contribution in [3.63, 3.8) is 0 Å². The van der Waals surface area contributed by atoms with Crippen molar-refractivity contribution in [2.45, 2.75) is 0 Å². The Morgan fingerprint density at radius 2 is 1.70 bits per heavy atom. The molecule has 1 aliphatic heterocycles. The van der Waals surface area contributed by atoms with Gasteiger partial charge in [0.2, 0.25) is 5.95 Å². The number of aromatic nitrogens is 5. The van der Waals surface area contributed by atoms with Gasteiger partial charge < -0.3 is 15.0 Å². The Kier molecular flexibility index (Phi) is 6.09. The predicted octanol–water partition coefficient (Wildman–Crippen LogP) is 3.89. The van der Waals surface area contributed by atoms with Gasteiger partial charge in [0.05, 0.1) is 19.4 Å². The fourth-order valence-corrected chi connectivity index (χ4v) is 4.99. The molecule has 5 rings (SSSR count). The van der Waals surface area contributed by atoms with Crippen LogP contribution in [-0.4, -0.2) is 50.8 Å². The molecule has 168 valence electrons. The molecule has 0 bridgehead atoms. The van der Waals surface area contributed by atoms with E-state index in [9.17, 15) is 4.79 Å². The number of morpholine rings is 1. The molecule has 33 heavy (non-hydrogen) atoms. The third-order valence-electron chi connectivity index (χ3n) is 5.40. The number of aryl methyl sites for hydroxylation is 1. The van der Waals surface area contributed by atoms with Crippen molar-refractivity contribution in [2.24, 2.45) is 7.05 Å². The lowest BCUT2D eigenvalue weighted by atomic mass is 10.2. The van der Waals surface area contributed by atoms with E-state index in [0.717, 1.165) is 37.7 Å². The molecule has 1 aromatic carbocycles. The number of anilines is 3. The summed E-state index contributed by atoms with van der Waals surface area (Å²) in [5, 5.41) is 3.21. The van der Waals surface area contributed by atoms with Crippen molar-refractivity contribution < 1.29 is 4.74 Å². The van der Waals surface area contributed by atoms with Crippen LogP contribution in [0, 0.1) is 0 Å². The fraction of sp³-hybridized carbons (Fsp3) is 0.227. The molecule has 3 aromatic heterocycles. The molecule has 9 nitrogen and oxygen atoms in total. The Morgan fingerprint density at radius 3 is 2.39 bits per heavy atom. The average Bonchev–Trinajstić information content (AvgIpc) is 2.83. The second-order valence-electron chi connectivity index (χ2n) is 7.48. The van der Waals surface area contributed by atoms with Crippen molar-refractivity contribution in [2.75, 3.05) is 36.5 Å². The molecule has 0 radical (unpaired) electrons. The highest BCUT2D eigenvalue weighted by molar-refractivity contribution is 9.11. The third kappa shape index (κ3) is 4.35. The number of fused-ring (bicyclic) bond motifs is 1. The van der Waals surface area contributed by atoms with Crippen LogP contribution in [0.2, 0.25) is 0 Å². The first-order chi connectivity index (χ1) is 16.0. The Bertz CT molecular complexity index is 1370. The number of pyridine rings is 1. The number of nitrogens with one attached hydrogen (secondary N) is 1. The first-order valence-electron chi connectivity index (χ1n) is 10.2. The van der Waals surface area contributed by atoms with E-state index in [1.165, 1.54) is 4.57 Å². The minimum absolute atomic E-state index is 0.269. The highest BCUT2D eigenvalue weighted by Crippen LogP contribution is 2.32. The van der Waals surface area contributed by atoms with Crippen LogP contribution in [0.15, 0.2) is 56.6 Å². The maximum absolute atomic E-state index is 13.1. The molecular formula is C22H19Br2N7O2. The van der Waals surface area contributed by atoms with Crippen molar-refractivity contribution >= 4 is 60.3 Å². The highest BCUT2D eigenvalue weighted by Gasteiger charge is 2.18. The summed E-state index contributed by atoms with van der Waals surface area (Å²) < 4.78 is 8.23. The smallest absolute Gasteiger partial charge is 0.278 e. The number of nitrogens with zero attached hydrogens (tertiary/aromatic N) is 6. The van der Waals surface area contributed by atoms with Gasteiger partial charge in [0.1, 0.15) is 11.2 Å². The lowest BCUT2D eigenvalue weighted by molar-refractivity contribution is 0.122. The van der Waals surface area contributed by atoms with Gasteiger partial charge >= 0.3 is 0 Å². The largest absolute Gasteiger partial charge is 0.378 e.